The minimum absolute atomic E-state index is 0.179. The van der Waals surface area contributed by atoms with Crippen molar-refractivity contribution in [3.05, 3.63) is 94.8 Å². The van der Waals surface area contributed by atoms with Crippen molar-refractivity contribution in [1.29, 1.82) is 0 Å². The number of hydrogen-bond donors (Lipinski definition) is 1. The maximum atomic E-state index is 12.6. The number of aryl methyl sites for hydroxylation is 3. The van der Waals surface area contributed by atoms with Gasteiger partial charge in [0.15, 0.2) is 5.75 Å². The molecule has 3 aromatic carbocycles. The minimum atomic E-state index is -3.72. The van der Waals surface area contributed by atoms with Gasteiger partial charge in [-0.25, -0.2) is 13.1 Å². The van der Waals surface area contributed by atoms with E-state index in [1.807, 2.05) is 32.9 Å². The Labute approximate surface area is 192 Å². The molecule has 0 radical (unpaired) electrons. The molecule has 6 nitrogen and oxygen atoms in total. The van der Waals surface area contributed by atoms with E-state index >= 15 is 0 Å². The van der Waals surface area contributed by atoms with Crippen LogP contribution in [-0.2, 0) is 10.0 Å². The molecule has 0 spiro atoms. The van der Waals surface area contributed by atoms with Gasteiger partial charge in [0, 0.05) is 0 Å². The Hall–Kier alpha value is -3.29. The fraction of sp³-hybridized carbons (Fsp3) is 0.125. The van der Waals surface area contributed by atoms with E-state index in [-0.39, 0.29) is 9.92 Å². The number of benzene rings is 3. The Morgan fingerprint density at radius 2 is 1.66 bits per heavy atom. The predicted molar refractivity (Wildman–Crippen MR) is 127 cm³/mol. The molecular formula is C24H22ClN3O3S. The molecule has 0 aliphatic heterocycles. The number of nitrogens with zero attached hydrogens (tertiary/aromatic N) is 2. The molecular weight excluding hydrogens is 446 g/mol. The molecule has 0 saturated carbocycles. The summed E-state index contributed by atoms with van der Waals surface area (Å²) in [6.45, 7) is 5.97. The molecule has 0 bridgehead atoms. The summed E-state index contributed by atoms with van der Waals surface area (Å²) in [5.41, 5.74) is 4.56. The number of halogens is 1. The highest BCUT2D eigenvalue weighted by Gasteiger charge is 2.15. The number of anilines is 1. The molecule has 0 aliphatic rings. The maximum absolute atomic E-state index is 12.6. The van der Waals surface area contributed by atoms with Gasteiger partial charge in [0.1, 0.15) is 5.75 Å². The molecule has 32 heavy (non-hydrogen) atoms. The van der Waals surface area contributed by atoms with Gasteiger partial charge in [0.05, 0.1) is 33.7 Å². The van der Waals surface area contributed by atoms with Crippen molar-refractivity contribution in [2.24, 2.45) is 0 Å². The van der Waals surface area contributed by atoms with Gasteiger partial charge in [-0.3, -0.25) is 4.72 Å². The molecule has 1 N–H and O–H groups in total. The van der Waals surface area contributed by atoms with Crippen LogP contribution in [-0.4, -0.2) is 18.2 Å². The summed E-state index contributed by atoms with van der Waals surface area (Å²) in [6, 6.07) is 17.5. The molecule has 8 heteroatoms. The second-order valence-electron chi connectivity index (χ2n) is 7.58. The Kier molecular flexibility index (Phi) is 5.95. The molecule has 4 rings (SSSR count). The number of ether oxygens (including phenoxy) is 1. The van der Waals surface area contributed by atoms with Crippen LogP contribution in [0.1, 0.15) is 16.7 Å². The number of sulfonamides is 1. The minimum Gasteiger partial charge on any atom is -0.452 e. The van der Waals surface area contributed by atoms with E-state index in [2.05, 4.69) is 15.9 Å². The summed E-state index contributed by atoms with van der Waals surface area (Å²) in [7, 11) is -3.72. The highest BCUT2D eigenvalue weighted by molar-refractivity contribution is 7.92. The van der Waals surface area contributed by atoms with Crippen molar-refractivity contribution < 1.29 is 13.2 Å². The van der Waals surface area contributed by atoms with Gasteiger partial charge < -0.3 is 4.74 Å². The topological polar surface area (TPSA) is 73.2 Å². The maximum Gasteiger partial charge on any atom is 0.261 e. The molecule has 0 atom stereocenters. The summed E-state index contributed by atoms with van der Waals surface area (Å²) in [4.78, 5) is 0.179. The average Bonchev–Trinajstić information content (AvgIpc) is 3.18. The van der Waals surface area contributed by atoms with Crippen LogP contribution in [0.4, 0.5) is 5.69 Å². The lowest BCUT2D eigenvalue weighted by molar-refractivity contribution is 0.483. The van der Waals surface area contributed by atoms with Gasteiger partial charge in [0.2, 0.25) is 0 Å². The number of nitrogens with one attached hydrogen (secondary N) is 1. The van der Waals surface area contributed by atoms with Crippen molar-refractivity contribution in [2.45, 2.75) is 25.7 Å². The molecule has 0 aliphatic carbocycles. The highest BCUT2D eigenvalue weighted by Crippen LogP contribution is 2.32. The van der Waals surface area contributed by atoms with Crippen LogP contribution in [0.5, 0.6) is 11.5 Å². The van der Waals surface area contributed by atoms with E-state index in [0.717, 1.165) is 16.8 Å². The summed E-state index contributed by atoms with van der Waals surface area (Å²) in [5, 5.41) is 4.64. The molecule has 1 heterocycles. The van der Waals surface area contributed by atoms with Crippen molar-refractivity contribution in [1.82, 2.24) is 9.78 Å². The van der Waals surface area contributed by atoms with Crippen LogP contribution < -0.4 is 9.46 Å². The van der Waals surface area contributed by atoms with Gasteiger partial charge in [-0.15, -0.1) is 0 Å². The molecule has 0 saturated heterocycles. The normalized spacial score (nSPS) is 11.4. The Bertz CT molecular complexity index is 1380. The molecule has 0 fully saturated rings. The van der Waals surface area contributed by atoms with Gasteiger partial charge in [-0.1, -0.05) is 47.0 Å². The Balaban J connectivity index is 1.51. The molecule has 164 valence electrons. The fourth-order valence-electron chi connectivity index (χ4n) is 3.26. The third-order valence-electron chi connectivity index (χ3n) is 4.90. The first-order valence-corrected chi connectivity index (χ1v) is 11.8. The summed E-state index contributed by atoms with van der Waals surface area (Å²) in [5.74, 6) is 0.907. The summed E-state index contributed by atoms with van der Waals surface area (Å²) < 4.78 is 35.3. The van der Waals surface area contributed by atoms with Gasteiger partial charge in [0.25, 0.3) is 10.0 Å². The lowest BCUT2D eigenvalue weighted by Crippen LogP contribution is -2.12. The molecule has 4 aromatic rings. The van der Waals surface area contributed by atoms with Crippen molar-refractivity contribution >= 4 is 27.3 Å². The molecule has 0 unspecified atom stereocenters. The van der Waals surface area contributed by atoms with Crippen LogP contribution in [0, 0.1) is 20.8 Å². The van der Waals surface area contributed by atoms with E-state index in [4.69, 9.17) is 16.3 Å². The zero-order valence-corrected chi connectivity index (χ0v) is 19.4. The summed E-state index contributed by atoms with van der Waals surface area (Å²) in [6.07, 6.45) is 3.37. The van der Waals surface area contributed by atoms with E-state index in [0.29, 0.717) is 17.2 Å². The third-order valence-corrected chi connectivity index (χ3v) is 6.59. The number of rotatable bonds is 6. The van der Waals surface area contributed by atoms with E-state index in [1.54, 1.807) is 53.5 Å². The largest absolute Gasteiger partial charge is 0.452 e. The highest BCUT2D eigenvalue weighted by atomic mass is 35.5. The van der Waals surface area contributed by atoms with Gasteiger partial charge in [-0.2, -0.15) is 5.10 Å². The first kappa shape index (κ1) is 21.9. The zero-order valence-electron chi connectivity index (χ0n) is 17.8. The predicted octanol–water partition coefficient (Wildman–Crippen LogP) is 6.04. The molecule has 1 aromatic heterocycles. The lowest BCUT2D eigenvalue weighted by Gasteiger charge is -2.11. The van der Waals surface area contributed by atoms with Crippen molar-refractivity contribution in [3.63, 3.8) is 0 Å². The third kappa shape index (κ3) is 4.79. The second-order valence-corrected chi connectivity index (χ2v) is 9.67. The average molecular weight is 468 g/mol. The van der Waals surface area contributed by atoms with Gasteiger partial charge in [-0.05, 0) is 62.7 Å². The monoisotopic (exact) mass is 467 g/mol. The van der Waals surface area contributed by atoms with Crippen molar-refractivity contribution in [2.75, 3.05) is 4.72 Å². The van der Waals surface area contributed by atoms with Crippen molar-refractivity contribution in [3.8, 4) is 17.2 Å². The van der Waals surface area contributed by atoms with Crippen LogP contribution in [0.15, 0.2) is 78.0 Å². The second kappa shape index (κ2) is 8.68. The first-order valence-electron chi connectivity index (χ1n) is 9.90. The summed E-state index contributed by atoms with van der Waals surface area (Å²) >= 11 is 6.35. The van der Waals surface area contributed by atoms with E-state index in [9.17, 15) is 8.42 Å². The number of aromatic nitrogens is 2. The van der Waals surface area contributed by atoms with E-state index in [1.165, 1.54) is 11.6 Å². The van der Waals surface area contributed by atoms with Gasteiger partial charge >= 0.3 is 0 Å². The fourth-order valence-corrected chi connectivity index (χ4v) is 4.53. The van der Waals surface area contributed by atoms with Crippen LogP contribution in [0.2, 0.25) is 5.02 Å². The molecule has 0 amide bonds. The number of hydrogen-bond acceptors (Lipinski definition) is 4. The van der Waals surface area contributed by atoms with Crippen LogP contribution in [0.3, 0.4) is 0 Å². The SMILES string of the molecule is Cc1ccc(S(=O)(=O)Nc2ccc(Oc3cnn(-c4ccc(C)cc4C)c3)c(Cl)c2)cc1. The van der Waals surface area contributed by atoms with Crippen LogP contribution >= 0.6 is 11.6 Å². The lowest BCUT2D eigenvalue weighted by atomic mass is 10.1. The smallest absolute Gasteiger partial charge is 0.261 e. The Morgan fingerprint density at radius 1 is 0.938 bits per heavy atom. The Morgan fingerprint density at radius 3 is 2.34 bits per heavy atom. The van der Waals surface area contributed by atoms with Crippen LogP contribution in [0.25, 0.3) is 5.69 Å². The zero-order chi connectivity index (χ0) is 22.9. The quantitative estimate of drug-likeness (QED) is 0.375. The standard InChI is InChI=1S/C24H22ClN3O3S/c1-16-4-8-21(9-5-16)32(29,30)27-19-7-11-24(22(25)13-19)31-20-14-26-28(15-20)23-10-6-17(2)12-18(23)3/h4-15,27H,1-3H3. The van der Waals surface area contributed by atoms with E-state index < -0.39 is 10.0 Å². The first-order chi connectivity index (χ1) is 15.2.